The minimum Gasteiger partial charge on any atom is -0.459 e. The lowest BCUT2D eigenvalue weighted by molar-refractivity contribution is 0.0910. The molecular formula is C17H19N3O5S. The van der Waals surface area contributed by atoms with Crippen molar-refractivity contribution in [2.24, 2.45) is 0 Å². The van der Waals surface area contributed by atoms with Crippen molar-refractivity contribution in [1.29, 1.82) is 0 Å². The molecule has 0 atom stereocenters. The topological polar surface area (TPSA) is 118 Å². The molecule has 1 fully saturated rings. The normalized spacial score (nSPS) is 14.0. The Labute approximate surface area is 151 Å². The lowest BCUT2D eigenvalue weighted by Crippen LogP contribution is -2.34. The number of carbonyl (C=O) groups is 2. The first kappa shape index (κ1) is 18.2. The highest BCUT2D eigenvalue weighted by molar-refractivity contribution is 7.89. The molecule has 0 radical (unpaired) electrons. The Balaban J connectivity index is 1.51. The number of hydrogen-bond acceptors (Lipinski definition) is 5. The van der Waals surface area contributed by atoms with Gasteiger partial charge >= 0.3 is 0 Å². The van der Waals surface area contributed by atoms with Gasteiger partial charge in [-0.3, -0.25) is 9.59 Å². The molecule has 0 saturated heterocycles. The molecular weight excluding hydrogens is 358 g/mol. The standard InChI is InChI=1S/C17H19N3O5S/c21-16(18-8-9-19-17(22)15-5-2-10-25-15)12-3-1-4-14(11-12)26(23,24)20-13-6-7-13/h1-5,10-11,13,20H,6-9H2,(H,18,21)(H,19,22). The zero-order chi connectivity index (χ0) is 18.6. The van der Waals surface area contributed by atoms with Crippen LogP contribution in [0, 0.1) is 0 Å². The van der Waals surface area contributed by atoms with Crippen LogP contribution in [0.3, 0.4) is 0 Å². The monoisotopic (exact) mass is 377 g/mol. The summed E-state index contributed by atoms with van der Waals surface area (Å²) in [7, 11) is -3.61. The molecule has 2 amide bonds. The first-order valence-corrected chi connectivity index (χ1v) is 9.66. The van der Waals surface area contributed by atoms with Crippen molar-refractivity contribution in [3.63, 3.8) is 0 Å². The number of sulfonamides is 1. The number of furan rings is 1. The van der Waals surface area contributed by atoms with Gasteiger partial charge in [0.25, 0.3) is 11.8 Å². The first-order chi connectivity index (χ1) is 12.5. The molecule has 3 N–H and O–H groups in total. The summed E-state index contributed by atoms with van der Waals surface area (Å²) >= 11 is 0. The van der Waals surface area contributed by atoms with Gasteiger partial charge < -0.3 is 15.1 Å². The van der Waals surface area contributed by atoms with E-state index in [1.807, 2.05) is 0 Å². The van der Waals surface area contributed by atoms with Gasteiger partial charge in [0.15, 0.2) is 5.76 Å². The third-order valence-corrected chi connectivity index (χ3v) is 5.26. The number of hydrogen-bond donors (Lipinski definition) is 3. The molecule has 1 aliphatic rings. The van der Waals surface area contributed by atoms with Crippen LogP contribution in [0.15, 0.2) is 52.0 Å². The zero-order valence-electron chi connectivity index (χ0n) is 13.9. The molecule has 1 heterocycles. The van der Waals surface area contributed by atoms with Gasteiger partial charge in [-0.25, -0.2) is 13.1 Å². The second-order valence-corrected chi connectivity index (χ2v) is 7.63. The lowest BCUT2D eigenvalue weighted by atomic mass is 10.2. The van der Waals surface area contributed by atoms with Gasteiger partial charge in [0, 0.05) is 24.7 Å². The largest absolute Gasteiger partial charge is 0.459 e. The number of carbonyl (C=O) groups excluding carboxylic acids is 2. The van der Waals surface area contributed by atoms with Crippen LogP contribution in [0.25, 0.3) is 0 Å². The van der Waals surface area contributed by atoms with Gasteiger partial charge in [-0.05, 0) is 43.2 Å². The Morgan fingerprint density at radius 1 is 1.04 bits per heavy atom. The molecule has 0 spiro atoms. The average molecular weight is 377 g/mol. The Bertz CT molecular complexity index is 889. The van der Waals surface area contributed by atoms with E-state index in [4.69, 9.17) is 4.42 Å². The Kier molecular flexibility index (Phi) is 5.38. The molecule has 0 unspecified atom stereocenters. The summed E-state index contributed by atoms with van der Waals surface area (Å²) in [6, 6.07) is 8.98. The fourth-order valence-electron chi connectivity index (χ4n) is 2.24. The van der Waals surface area contributed by atoms with E-state index in [9.17, 15) is 18.0 Å². The summed E-state index contributed by atoms with van der Waals surface area (Å²) < 4.78 is 31.9. The highest BCUT2D eigenvalue weighted by Crippen LogP contribution is 2.22. The van der Waals surface area contributed by atoms with Crippen LogP contribution in [-0.2, 0) is 10.0 Å². The van der Waals surface area contributed by atoms with E-state index in [2.05, 4.69) is 15.4 Å². The van der Waals surface area contributed by atoms with E-state index in [0.717, 1.165) is 12.8 Å². The number of nitrogens with one attached hydrogen (secondary N) is 3. The van der Waals surface area contributed by atoms with Crippen molar-refractivity contribution in [2.75, 3.05) is 13.1 Å². The van der Waals surface area contributed by atoms with Crippen LogP contribution in [0.2, 0.25) is 0 Å². The van der Waals surface area contributed by atoms with E-state index in [1.165, 1.54) is 36.6 Å². The average Bonchev–Trinajstić information content (AvgIpc) is 3.25. The van der Waals surface area contributed by atoms with E-state index in [-0.39, 0.29) is 41.3 Å². The van der Waals surface area contributed by atoms with Crippen LogP contribution in [0.4, 0.5) is 0 Å². The van der Waals surface area contributed by atoms with Crippen LogP contribution in [-0.4, -0.2) is 39.4 Å². The Hall–Kier alpha value is -2.65. The van der Waals surface area contributed by atoms with Crippen LogP contribution >= 0.6 is 0 Å². The van der Waals surface area contributed by atoms with E-state index in [1.54, 1.807) is 6.07 Å². The number of benzene rings is 1. The molecule has 26 heavy (non-hydrogen) atoms. The highest BCUT2D eigenvalue weighted by atomic mass is 32.2. The van der Waals surface area contributed by atoms with E-state index < -0.39 is 15.9 Å². The van der Waals surface area contributed by atoms with E-state index >= 15 is 0 Å². The third kappa shape index (κ3) is 4.70. The summed E-state index contributed by atoms with van der Waals surface area (Å²) in [6.45, 7) is 0.412. The third-order valence-electron chi connectivity index (χ3n) is 3.75. The van der Waals surface area contributed by atoms with Crippen molar-refractivity contribution in [3.8, 4) is 0 Å². The molecule has 8 nitrogen and oxygen atoms in total. The van der Waals surface area contributed by atoms with Gasteiger partial charge in [-0.1, -0.05) is 6.07 Å². The van der Waals surface area contributed by atoms with Crippen LogP contribution in [0.1, 0.15) is 33.8 Å². The maximum atomic E-state index is 12.2. The smallest absolute Gasteiger partial charge is 0.287 e. The maximum Gasteiger partial charge on any atom is 0.287 e. The molecule has 1 aromatic heterocycles. The van der Waals surface area contributed by atoms with Gasteiger partial charge in [0.05, 0.1) is 11.2 Å². The molecule has 138 valence electrons. The second-order valence-electron chi connectivity index (χ2n) is 5.91. The summed E-state index contributed by atoms with van der Waals surface area (Å²) in [4.78, 5) is 23.9. The van der Waals surface area contributed by atoms with Crippen LogP contribution < -0.4 is 15.4 Å². The minimum absolute atomic E-state index is 0.00439. The Morgan fingerprint density at radius 2 is 1.77 bits per heavy atom. The molecule has 1 saturated carbocycles. The van der Waals surface area contributed by atoms with Crippen molar-refractivity contribution in [2.45, 2.75) is 23.8 Å². The molecule has 1 aliphatic carbocycles. The first-order valence-electron chi connectivity index (χ1n) is 8.18. The predicted molar refractivity (Wildman–Crippen MR) is 93.2 cm³/mol. The zero-order valence-corrected chi connectivity index (χ0v) is 14.7. The molecule has 0 bridgehead atoms. The Morgan fingerprint density at radius 3 is 2.42 bits per heavy atom. The number of rotatable bonds is 8. The minimum atomic E-state index is -3.61. The summed E-state index contributed by atoms with van der Waals surface area (Å²) in [6.07, 6.45) is 3.07. The van der Waals surface area contributed by atoms with Crippen molar-refractivity contribution < 1.29 is 22.4 Å². The molecule has 9 heteroatoms. The summed E-state index contributed by atoms with van der Waals surface area (Å²) in [5.74, 6) is -0.596. The molecule has 0 aliphatic heterocycles. The molecule has 1 aromatic carbocycles. The fraction of sp³-hybridized carbons (Fsp3) is 0.294. The van der Waals surface area contributed by atoms with Crippen molar-refractivity contribution >= 4 is 21.8 Å². The van der Waals surface area contributed by atoms with Crippen LogP contribution in [0.5, 0.6) is 0 Å². The highest BCUT2D eigenvalue weighted by Gasteiger charge is 2.28. The number of amides is 2. The molecule has 2 aromatic rings. The summed E-state index contributed by atoms with van der Waals surface area (Å²) in [5, 5.41) is 5.23. The lowest BCUT2D eigenvalue weighted by Gasteiger charge is -2.09. The fourth-order valence-corrected chi connectivity index (χ4v) is 3.59. The predicted octanol–water partition coefficient (Wildman–Crippen LogP) is 0.880. The van der Waals surface area contributed by atoms with Gasteiger partial charge in [-0.15, -0.1) is 0 Å². The van der Waals surface area contributed by atoms with Gasteiger partial charge in [0.1, 0.15) is 0 Å². The second kappa shape index (κ2) is 7.71. The SMILES string of the molecule is O=C(NCCNC(=O)c1ccco1)c1cccc(S(=O)(=O)NC2CC2)c1. The van der Waals surface area contributed by atoms with Gasteiger partial charge in [-0.2, -0.15) is 0 Å². The van der Waals surface area contributed by atoms with E-state index in [0.29, 0.717) is 0 Å². The van der Waals surface area contributed by atoms with Gasteiger partial charge in [0.2, 0.25) is 10.0 Å². The van der Waals surface area contributed by atoms with Crippen molar-refractivity contribution in [1.82, 2.24) is 15.4 Å². The summed E-state index contributed by atoms with van der Waals surface area (Å²) in [5.41, 5.74) is 0.237. The molecule has 3 rings (SSSR count). The maximum absolute atomic E-state index is 12.2. The van der Waals surface area contributed by atoms with Crippen molar-refractivity contribution in [3.05, 3.63) is 54.0 Å². The quantitative estimate of drug-likeness (QED) is 0.590.